The van der Waals surface area contributed by atoms with Gasteiger partial charge in [0.2, 0.25) is 0 Å². The average Bonchev–Trinajstić information content (AvgIpc) is 3.38. The third-order valence-corrected chi connectivity index (χ3v) is 6.72. The van der Waals surface area contributed by atoms with Gasteiger partial charge in [0.25, 0.3) is 5.91 Å². The maximum atomic E-state index is 12.9. The first-order valence-corrected chi connectivity index (χ1v) is 11.5. The molecule has 0 bridgehead atoms. The van der Waals surface area contributed by atoms with E-state index >= 15 is 0 Å². The first-order chi connectivity index (χ1) is 14.8. The molecule has 31 heavy (non-hydrogen) atoms. The summed E-state index contributed by atoms with van der Waals surface area (Å²) in [6, 6.07) is 10.3. The fourth-order valence-electron chi connectivity index (χ4n) is 4.02. The lowest BCUT2D eigenvalue weighted by molar-refractivity contribution is 0.0953. The van der Waals surface area contributed by atoms with Crippen molar-refractivity contribution in [3.63, 3.8) is 0 Å². The summed E-state index contributed by atoms with van der Waals surface area (Å²) in [7, 11) is 2.07. The third kappa shape index (κ3) is 4.58. The van der Waals surface area contributed by atoms with Gasteiger partial charge in [-0.2, -0.15) is 5.10 Å². The van der Waals surface area contributed by atoms with Crippen LogP contribution in [0, 0.1) is 6.92 Å². The zero-order valence-corrected chi connectivity index (χ0v) is 19.4. The van der Waals surface area contributed by atoms with Gasteiger partial charge in [-0.3, -0.25) is 4.79 Å². The number of amides is 1. The Morgan fingerprint density at radius 3 is 2.81 bits per heavy atom. The summed E-state index contributed by atoms with van der Waals surface area (Å²) < 4.78 is 1.93. The first-order valence-electron chi connectivity index (χ1n) is 10.7. The molecule has 1 atom stereocenters. The number of nitrogens with one attached hydrogen (secondary N) is 2. The normalized spacial score (nSPS) is 17.0. The Hall–Kier alpha value is -2.87. The molecule has 1 unspecified atom stereocenters. The molecule has 2 N–H and O–H groups in total. The molecule has 0 saturated carbocycles. The van der Waals surface area contributed by atoms with Gasteiger partial charge in [0.05, 0.1) is 17.8 Å². The van der Waals surface area contributed by atoms with Crippen molar-refractivity contribution in [1.29, 1.82) is 0 Å². The second-order valence-corrected chi connectivity index (χ2v) is 9.97. The van der Waals surface area contributed by atoms with E-state index in [-0.39, 0.29) is 17.5 Å². The van der Waals surface area contributed by atoms with Gasteiger partial charge in [0.1, 0.15) is 16.4 Å². The summed E-state index contributed by atoms with van der Waals surface area (Å²) in [6.45, 7) is 7.84. The van der Waals surface area contributed by atoms with E-state index in [0.29, 0.717) is 12.1 Å². The number of aromatic nitrogens is 3. The van der Waals surface area contributed by atoms with Crippen molar-refractivity contribution < 1.29 is 4.79 Å². The van der Waals surface area contributed by atoms with E-state index in [1.54, 1.807) is 17.5 Å². The zero-order valence-electron chi connectivity index (χ0n) is 18.6. The SMILES string of the molecule is Cc1cnc(C2CC(C)(C)n3ncc(C(=O)NCCCN(C)c4ccccc4)c3N2)s1. The van der Waals surface area contributed by atoms with E-state index < -0.39 is 0 Å². The van der Waals surface area contributed by atoms with E-state index in [0.717, 1.165) is 30.2 Å². The Kier molecular flexibility index (Phi) is 6.00. The molecule has 0 radical (unpaired) electrons. The third-order valence-electron chi connectivity index (χ3n) is 5.69. The minimum Gasteiger partial charge on any atom is -0.375 e. The summed E-state index contributed by atoms with van der Waals surface area (Å²) in [5, 5.41) is 12.2. The van der Waals surface area contributed by atoms with E-state index in [1.807, 2.05) is 29.1 Å². The molecule has 1 aliphatic heterocycles. The van der Waals surface area contributed by atoms with Crippen LogP contribution < -0.4 is 15.5 Å². The first kappa shape index (κ1) is 21.4. The summed E-state index contributed by atoms with van der Waals surface area (Å²) in [5.74, 6) is 0.677. The van der Waals surface area contributed by atoms with Crippen molar-refractivity contribution in [3.8, 4) is 0 Å². The molecule has 7 nitrogen and oxygen atoms in total. The number of aryl methyl sites for hydroxylation is 1. The Morgan fingerprint density at radius 1 is 1.32 bits per heavy atom. The van der Waals surface area contributed by atoms with Gasteiger partial charge in [0, 0.05) is 36.9 Å². The lowest BCUT2D eigenvalue weighted by Gasteiger charge is -2.37. The van der Waals surface area contributed by atoms with E-state index in [1.165, 1.54) is 10.6 Å². The van der Waals surface area contributed by atoms with Crippen LogP contribution in [0.15, 0.2) is 42.7 Å². The predicted molar refractivity (Wildman–Crippen MR) is 126 cm³/mol. The van der Waals surface area contributed by atoms with Gasteiger partial charge in [-0.15, -0.1) is 11.3 Å². The van der Waals surface area contributed by atoms with Gasteiger partial charge >= 0.3 is 0 Å². The highest BCUT2D eigenvalue weighted by Gasteiger charge is 2.37. The van der Waals surface area contributed by atoms with Crippen molar-refractivity contribution in [1.82, 2.24) is 20.1 Å². The Morgan fingerprint density at radius 2 is 2.10 bits per heavy atom. The Labute approximate surface area is 187 Å². The van der Waals surface area contributed by atoms with Crippen LogP contribution >= 0.6 is 11.3 Å². The second kappa shape index (κ2) is 8.70. The van der Waals surface area contributed by atoms with Crippen molar-refractivity contribution in [3.05, 3.63) is 58.2 Å². The molecule has 1 aliphatic rings. The van der Waals surface area contributed by atoms with Crippen LogP contribution in [-0.4, -0.2) is 40.8 Å². The van der Waals surface area contributed by atoms with Gasteiger partial charge in [-0.1, -0.05) is 18.2 Å². The second-order valence-electron chi connectivity index (χ2n) is 8.71. The summed E-state index contributed by atoms with van der Waals surface area (Å²) in [5.41, 5.74) is 1.55. The number of hydrogen-bond acceptors (Lipinski definition) is 6. The van der Waals surface area contributed by atoms with Crippen LogP contribution in [0.5, 0.6) is 0 Å². The molecule has 3 heterocycles. The number of carbonyl (C=O) groups is 1. The number of para-hydroxylation sites is 1. The number of carbonyl (C=O) groups excluding carboxylic acids is 1. The minimum absolute atomic E-state index is 0.0731. The number of anilines is 2. The van der Waals surface area contributed by atoms with Gasteiger partial charge in [-0.05, 0) is 45.7 Å². The van der Waals surface area contributed by atoms with Crippen LogP contribution in [-0.2, 0) is 5.54 Å². The number of rotatable bonds is 7. The quantitative estimate of drug-likeness (QED) is 0.541. The Bertz CT molecular complexity index is 1040. The lowest BCUT2D eigenvalue weighted by atomic mass is 9.93. The molecule has 0 fully saturated rings. The van der Waals surface area contributed by atoms with Crippen LogP contribution in [0.3, 0.4) is 0 Å². The van der Waals surface area contributed by atoms with Crippen molar-refractivity contribution >= 4 is 28.7 Å². The molecule has 164 valence electrons. The highest BCUT2D eigenvalue weighted by Crippen LogP contribution is 2.40. The lowest BCUT2D eigenvalue weighted by Crippen LogP contribution is -2.38. The molecule has 3 aromatic rings. The number of benzene rings is 1. The van der Waals surface area contributed by atoms with E-state index in [9.17, 15) is 4.79 Å². The van der Waals surface area contributed by atoms with Crippen LogP contribution in [0.2, 0.25) is 0 Å². The largest absolute Gasteiger partial charge is 0.375 e. The summed E-state index contributed by atoms with van der Waals surface area (Å²) in [6.07, 6.45) is 5.30. The number of hydrogen-bond donors (Lipinski definition) is 2. The summed E-state index contributed by atoms with van der Waals surface area (Å²) >= 11 is 1.70. The Balaban J connectivity index is 1.39. The van der Waals surface area contributed by atoms with Crippen molar-refractivity contribution in [2.24, 2.45) is 0 Å². The molecule has 4 rings (SSSR count). The summed E-state index contributed by atoms with van der Waals surface area (Å²) in [4.78, 5) is 20.9. The molecular weight excluding hydrogens is 408 g/mol. The number of fused-ring (bicyclic) bond motifs is 1. The van der Waals surface area contributed by atoms with Crippen LogP contribution in [0.25, 0.3) is 0 Å². The highest BCUT2D eigenvalue weighted by atomic mass is 32.1. The molecule has 8 heteroatoms. The highest BCUT2D eigenvalue weighted by molar-refractivity contribution is 7.11. The minimum atomic E-state index is -0.207. The maximum Gasteiger partial charge on any atom is 0.256 e. The standard InChI is InChI=1S/C23H30N6OS/c1-16-14-25-22(31-16)19-13-23(2,3)29-20(27-19)18(15-26-29)21(30)24-11-8-12-28(4)17-9-6-5-7-10-17/h5-7,9-10,14-15,19,27H,8,11-13H2,1-4H3,(H,24,30). The molecule has 0 spiro atoms. The molecule has 0 saturated heterocycles. The van der Waals surface area contributed by atoms with E-state index in [4.69, 9.17) is 0 Å². The van der Waals surface area contributed by atoms with Gasteiger partial charge in [-0.25, -0.2) is 9.67 Å². The maximum absolute atomic E-state index is 12.9. The zero-order chi connectivity index (χ0) is 22.0. The van der Waals surface area contributed by atoms with Crippen molar-refractivity contribution in [2.75, 3.05) is 30.4 Å². The smallest absolute Gasteiger partial charge is 0.256 e. The molecule has 2 aromatic heterocycles. The number of thiazole rings is 1. The van der Waals surface area contributed by atoms with E-state index in [2.05, 4.69) is 65.6 Å². The van der Waals surface area contributed by atoms with Gasteiger partial charge < -0.3 is 15.5 Å². The topological polar surface area (TPSA) is 75.1 Å². The predicted octanol–water partition coefficient (Wildman–Crippen LogP) is 4.20. The van der Waals surface area contributed by atoms with Gasteiger partial charge in [0.15, 0.2) is 0 Å². The average molecular weight is 439 g/mol. The number of nitrogens with zero attached hydrogens (tertiary/aromatic N) is 4. The molecular formula is C23H30N6OS. The molecule has 1 amide bonds. The fourth-order valence-corrected chi connectivity index (χ4v) is 4.85. The van der Waals surface area contributed by atoms with Crippen LogP contribution in [0.4, 0.5) is 11.5 Å². The monoisotopic (exact) mass is 438 g/mol. The molecule has 0 aliphatic carbocycles. The van der Waals surface area contributed by atoms with Crippen LogP contribution in [0.1, 0.15) is 53.0 Å². The molecule has 1 aromatic carbocycles. The van der Waals surface area contributed by atoms with Crippen molar-refractivity contribution in [2.45, 2.75) is 45.2 Å². The fraction of sp³-hybridized carbons (Fsp3) is 0.435.